The van der Waals surface area contributed by atoms with Crippen LogP contribution < -0.4 is 10.1 Å². The summed E-state index contributed by atoms with van der Waals surface area (Å²) in [5, 5.41) is 3.00. The lowest BCUT2D eigenvalue weighted by Gasteiger charge is -2.21. The van der Waals surface area contributed by atoms with Gasteiger partial charge in [0.15, 0.2) is 0 Å². The third-order valence-electron chi connectivity index (χ3n) is 4.11. The Morgan fingerprint density at radius 2 is 2.09 bits per heavy atom. The first kappa shape index (κ1) is 16.8. The summed E-state index contributed by atoms with van der Waals surface area (Å²) in [6.07, 6.45) is 4.59. The Balaban J connectivity index is 1.51. The van der Waals surface area contributed by atoms with Gasteiger partial charge in [0.1, 0.15) is 5.75 Å². The Morgan fingerprint density at radius 1 is 1.32 bits per heavy atom. The zero-order valence-corrected chi connectivity index (χ0v) is 13.5. The molecule has 1 fully saturated rings. The second kappa shape index (κ2) is 9.46. The van der Waals surface area contributed by atoms with E-state index in [1.807, 2.05) is 31.2 Å². The molecule has 1 aromatic carbocycles. The molecule has 2 rings (SSSR count). The highest BCUT2D eigenvalue weighted by molar-refractivity contribution is 5.75. The van der Waals surface area contributed by atoms with Crippen molar-refractivity contribution >= 4 is 5.91 Å². The molecule has 4 nitrogen and oxygen atoms in total. The van der Waals surface area contributed by atoms with Crippen LogP contribution in [0.3, 0.4) is 0 Å². The normalized spacial score (nSPS) is 15.5. The van der Waals surface area contributed by atoms with Gasteiger partial charge in [-0.3, -0.25) is 4.79 Å². The number of hydrogen-bond acceptors (Lipinski definition) is 3. The summed E-state index contributed by atoms with van der Waals surface area (Å²) in [6.45, 7) is 5.13. The molecule has 0 aliphatic carbocycles. The van der Waals surface area contributed by atoms with Gasteiger partial charge in [0, 0.05) is 26.2 Å². The van der Waals surface area contributed by atoms with Crippen LogP contribution in [0.5, 0.6) is 5.75 Å². The summed E-state index contributed by atoms with van der Waals surface area (Å²) in [5.41, 5.74) is 1.13. The second-order valence-corrected chi connectivity index (χ2v) is 5.91. The monoisotopic (exact) mass is 305 g/mol. The van der Waals surface area contributed by atoms with Gasteiger partial charge in [0.25, 0.3) is 0 Å². The molecule has 0 saturated carbocycles. The van der Waals surface area contributed by atoms with Crippen LogP contribution in [0.15, 0.2) is 24.3 Å². The topological polar surface area (TPSA) is 47.6 Å². The van der Waals surface area contributed by atoms with Gasteiger partial charge in [-0.1, -0.05) is 18.2 Å². The molecule has 0 atom stereocenters. The van der Waals surface area contributed by atoms with E-state index in [1.165, 1.54) is 0 Å². The number of para-hydroxylation sites is 1. The smallest absolute Gasteiger partial charge is 0.220 e. The highest BCUT2D eigenvalue weighted by Gasteiger charge is 2.13. The minimum Gasteiger partial charge on any atom is -0.493 e. The zero-order valence-electron chi connectivity index (χ0n) is 13.5. The lowest BCUT2D eigenvalue weighted by molar-refractivity contribution is -0.121. The maximum Gasteiger partial charge on any atom is 0.220 e. The molecule has 0 unspecified atom stereocenters. The maximum atomic E-state index is 11.8. The molecule has 1 heterocycles. The second-order valence-electron chi connectivity index (χ2n) is 5.91. The Bertz CT molecular complexity index is 455. The highest BCUT2D eigenvalue weighted by atomic mass is 16.5. The number of hydrogen-bond donors (Lipinski definition) is 1. The molecule has 1 saturated heterocycles. The van der Waals surface area contributed by atoms with Crippen LogP contribution in [-0.4, -0.2) is 32.3 Å². The van der Waals surface area contributed by atoms with Crippen molar-refractivity contribution in [3.05, 3.63) is 29.8 Å². The Labute approximate surface area is 133 Å². The lowest BCUT2D eigenvalue weighted by Crippen LogP contribution is -2.27. The zero-order chi connectivity index (χ0) is 15.6. The Morgan fingerprint density at radius 3 is 2.86 bits per heavy atom. The fraction of sp³-hybridized carbons (Fsp3) is 0.611. The van der Waals surface area contributed by atoms with Gasteiger partial charge < -0.3 is 14.8 Å². The number of aryl methyl sites for hydroxylation is 1. The molecule has 4 heteroatoms. The first-order valence-electron chi connectivity index (χ1n) is 8.28. The van der Waals surface area contributed by atoms with Crippen LogP contribution in [0.25, 0.3) is 0 Å². The van der Waals surface area contributed by atoms with Gasteiger partial charge in [0.05, 0.1) is 6.61 Å². The summed E-state index contributed by atoms with van der Waals surface area (Å²) in [5.74, 6) is 1.74. The quantitative estimate of drug-likeness (QED) is 0.751. The molecule has 0 spiro atoms. The fourth-order valence-corrected chi connectivity index (χ4v) is 2.67. The summed E-state index contributed by atoms with van der Waals surface area (Å²) < 4.78 is 11.0. The average molecular weight is 305 g/mol. The Kier molecular flexibility index (Phi) is 7.23. The molecular weight excluding hydrogens is 278 g/mol. The SMILES string of the molecule is Cc1ccccc1OCCCC(=O)NCCC1CCOCC1. The largest absolute Gasteiger partial charge is 0.493 e. The highest BCUT2D eigenvalue weighted by Crippen LogP contribution is 2.18. The minimum atomic E-state index is 0.125. The van der Waals surface area contributed by atoms with E-state index in [0.29, 0.717) is 18.9 Å². The van der Waals surface area contributed by atoms with Crippen molar-refractivity contribution in [2.45, 2.75) is 39.0 Å². The van der Waals surface area contributed by atoms with Crippen LogP contribution in [-0.2, 0) is 9.53 Å². The van der Waals surface area contributed by atoms with Crippen LogP contribution in [0.4, 0.5) is 0 Å². The van der Waals surface area contributed by atoms with E-state index < -0.39 is 0 Å². The molecule has 0 bridgehead atoms. The van der Waals surface area contributed by atoms with Crippen molar-refractivity contribution in [3.8, 4) is 5.75 Å². The van der Waals surface area contributed by atoms with Crippen molar-refractivity contribution in [2.75, 3.05) is 26.4 Å². The van der Waals surface area contributed by atoms with E-state index >= 15 is 0 Å². The van der Waals surface area contributed by atoms with Crippen LogP contribution in [0.2, 0.25) is 0 Å². The van der Waals surface area contributed by atoms with Crippen molar-refractivity contribution in [3.63, 3.8) is 0 Å². The van der Waals surface area contributed by atoms with Gasteiger partial charge >= 0.3 is 0 Å². The van der Waals surface area contributed by atoms with Gasteiger partial charge in [-0.2, -0.15) is 0 Å². The lowest BCUT2D eigenvalue weighted by atomic mass is 9.97. The summed E-state index contributed by atoms with van der Waals surface area (Å²) in [6, 6.07) is 7.95. The molecule has 1 aliphatic heterocycles. The van der Waals surface area contributed by atoms with E-state index in [0.717, 1.165) is 56.8 Å². The van der Waals surface area contributed by atoms with E-state index in [9.17, 15) is 4.79 Å². The predicted molar refractivity (Wildman–Crippen MR) is 87.1 cm³/mol. The van der Waals surface area contributed by atoms with E-state index in [1.54, 1.807) is 0 Å². The van der Waals surface area contributed by atoms with E-state index in [4.69, 9.17) is 9.47 Å². The van der Waals surface area contributed by atoms with Gasteiger partial charge in [-0.05, 0) is 50.2 Å². The molecule has 1 N–H and O–H groups in total. The first-order valence-corrected chi connectivity index (χ1v) is 8.28. The molecule has 122 valence electrons. The molecular formula is C18H27NO3. The number of nitrogens with one attached hydrogen (secondary N) is 1. The van der Waals surface area contributed by atoms with Gasteiger partial charge in [-0.25, -0.2) is 0 Å². The summed E-state index contributed by atoms with van der Waals surface area (Å²) in [4.78, 5) is 11.8. The molecule has 0 radical (unpaired) electrons. The van der Waals surface area contributed by atoms with Crippen molar-refractivity contribution in [2.24, 2.45) is 5.92 Å². The summed E-state index contributed by atoms with van der Waals surface area (Å²) in [7, 11) is 0. The number of rotatable bonds is 8. The van der Waals surface area contributed by atoms with Crippen LogP contribution in [0.1, 0.15) is 37.7 Å². The third kappa shape index (κ3) is 6.06. The number of benzene rings is 1. The molecule has 1 amide bonds. The molecule has 22 heavy (non-hydrogen) atoms. The number of carbonyl (C=O) groups is 1. The number of carbonyl (C=O) groups excluding carboxylic acids is 1. The number of ether oxygens (including phenoxy) is 2. The minimum absolute atomic E-state index is 0.125. The molecule has 1 aliphatic rings. The van der Waals surface area contributed by atoms with E-state index in [-0.39, 0.29) is 5.91 Å². The van der Waals surface area contributed by atoms with Gasteiger partial charge in [0.2, 0.25) is 5.91 Å². The van der Waals surface area contributed by atoms with Crippen molar-refractivity contribution in [1.82, 2.24) is 5.32 Å². The van der Waals surface area contributed by atoms with Gasteiger partial charge in [-0.15, -0.1) is 0 Å². The average Bonchev–Trinajstić information content (AvgIpc) is 2.54. The Hall–Kier alpha value is -1.55. The van der Waals surface area contributed by atoms with E-state index in [2.05, 4.69) is 5.32 Å². The molecule has 0 aromatic heterocycles. The van der Waals surface area contributed by atoms with Crippen molar-refractivity contribution in [1.29, 1.82) is 0 Å². The summed E-state index contributed by atoms with van der Waals surface area (Å²) >= 11 is 0. The standard InChI is InChI=1S/C18H27NO3/c1-15-5-2-3-6-17(15)22-12-4-7-18(20)19-11-8-16-9-13-21-14-10-16/h2-3,5-6,16H,4,7-14H2,1H3,(H,19,20). The third-order valence-corrected chi connectivity index (χ3v) is 4.11. The predicted octanol–water partition coefficient (Wildman–Crippen LogP) is 3.09. The number of amides is 1. The van der Waals surface area contributed by atoms with Crippen LogP contribution in [0, 0.1) is 12.8 Å². The van der Waals surface area contributed by atoms with Crippen LogP contribution >= 0.6 is 0 Å². The maximum absolute atomic E-state index is 11.8. The first-order chi connectivity index (χ1) is 10.8. The molecule has 1 aromatic rings. The fourth-order valence-electron chi connectivity index (χ4n) is 2.67. The van der Waals surface area contributed by atoms with Crippen molar-refractivity contribution < 1.29 is 14.3 Å².